The van der Waals surface area contributed by atoms with Gasteiger partial charge < -0.3 is 33.5 Å². The van der Waals surface area contributed by atoms with Crippen LogP contribution in [0.5, 0.6) is 34.5 Å². The van der Waals surface area contributed by atoms with Crippen molar-refractivity contribution in [3.8, 4) is 34.5 Å². The summed E-state index contributed by atoms with van der Waals surface area (Å²) in [4.78, 5) is 13.3. The molecule has 0 heterocycles. The summed E-state index contributed by atoms with van der Waals surface area (Å²) in [7, 11) is 9.05. The van der Waals surface area contributed by atoms with Crippen LogP contribution in [0, 0.1) is 0 Å². The highest BCUT2D eigenvalue weighted by atomic mass is 16.5. The highest BCUT2D eigenvalue weighted by Crippen LogP contribution is 2.46. The van der Waals surface area contributed by atoms with Crippen LogP contribution in [-0.2, 0) is 10.2 Å². The zero-order valence-electron chi connectivity index (χ0n) is 20.0. The SMILES string of the molecule is COc1ccc(C(C(=O)O)(c2ccc(OC)c(OC)c2)c2ccc(OC)c(OC)c2)cc1OC. The van der Waals surface area contributed by atoms with Crippen molar-refractivity contribution in [2.24, 2.45) is 0 Å². The van der Waals surface area contributed by atoms with Crippen LogP contribution in [0.1, 0.15) is 16.7 Å². The number of methoxy groups -OCH3 is 6. The average molecular weight is 469 g/mol. The van der Waals surface area contributed by atoms with E-state index < -0.39 is 11.4 Å². The van der Waals surface area contributed by atoms with Gasteiger partial charge in [-0.2, -0.15) is 0 Å². The van der Waals surface area contributed by atoms with Crippen LogP contribution in [0.25, 0.3) is 0 Å². The topological polar surface area (TPSA) is 92.7 Å². The Morgan fingerprint density at radius 3 is 1.00 bits per heavy atom. The van der Waals surface area contributed by atoms with Crippen LogP contribution in [0.3, 0.4) is 0 Å². The second-order valence-corrected chi connectivity index (χ2v) is 7.26. The Kier molecular flexibility index (Phi) is 7.40. The molecule has 34 heavy (non-hydrogen) atoms. The van der Waals surface area contributed by atoms with Gasteiger partial charge in [0.05, 0.1) is 42.7 Å². The van der Waals surface area contributed by atoms with Gasteiger partial charge in [-0.05, 0) is 53.1 Å². The van der Waals surface area contributed by atoms with E-state index >= 15 is 0 Å². The van der Waals surface area contributed by atoms with Gasteiger partial charge in [-0.15, -0.1) is 0 Å². The van der Waals surface area contributed by atoms with E-state index in [4.69, 9.17) is 28.4 Å². The van der Waals surface area contributed by atoms with E-state index in [1.165, 1.54) is 42.7 Å². The summed E-state index contributed by atoms with van der Waals surface area (Å²) >= 11 is 0. The van der Waals surface area contributed by atoms with Crippen molar-refractivity contribution in [1.82, 2.24) is 0 Å². The lowest BCUT2D eigenvalue weighted by atomic mass is 9.69. The minimum Gasteiger partial charge on any atom is -0.493 e. The molecule has 0 atom stereocenters. The van der Waals surface area contributed by atoms with Crippen LogP contribution >= 0.6 is 0 Å². The van der Waals surface area contributed by atoms with Gasteiger partial charge >= 0.3 is 5.97 Å². The molecular weight excluding hydrogens is 440 g/mol. The van der Waals surface area contributed by atoms with Crippen molar-refractivity contribution < 1.29 is 38.3 Å². The molecule has 0 unspecified atom stereocenters. The van der Waals surface area contributed by atoms with Crippen molar-refractivity contribution in [1.29, 1.82) is 0 Å². The number of carboxylic acid groups (broad SMARTS) is 1. The molecule has 0 saturated carbocycles. The molecule has 0 aliphatic carbocycles. The summed E-state index contributed by atoms with van der Waals surface area (Å²) in [6.45, 7) is 0. The summed E-state index contributed by atoms with van der Waals surface area (Å²) in [5.74, 6) is 1.50. The number of carboxylic acids is 1. The zero-order chi connectivity index (χ0) is 24.9. The molecule has 3 aromatic carbocycles. The molecule has 8 heteroatoms. The largest absolute Gasteiger partial charge is 0.493 e. The summed E-state index contributed by atoms with van der Waals surface area (Å²) in [6, 6.07) is 15.1. The molecule has 0 spiro atoms. The van der Waals surface area contributed by atoms with E-state index in [-0.39, 0.29) is 0 Å². The highest BCUT2D eigenvalue weighted by molar-refractivity contribution is 5.91. The number of benzene rings is 3. The predicted octanol–water partition coefficient (Wildman–Crippen LogP) is 4.16. The van der Waals surface area contributed by atoms with Gasteiger partial charge in [0.25, 0.3) is 0 Å². The van der Waals surface area contributed by atoms with Gasteiger partial charge in [0.2, 0.25) is 0 Å². The fourth-order valence-electron chi connectivity index (χ4n) is 4.08. The van der Waals surface area contributed by atoms with Crippen molar-refractivity contribution in [2.75, 3.05) is 42.7 Å². The molecule has 0 saturated heterocycles. The van der Waals surface area contributed by atoms with Crippen LogP contribution in [0.4, 0.5) is 0 Å². The first-order chi connectivity index (χ1) is 16.4. The minimum absolute atomic E-state index is 0.395. The van der Waals surface area contributed by atoms with Crippen LogP contribution in [0.2, 0.25) is 0 Å². The van der Waals surface area contributed by atoms with Gasteiger partial charge in [0, 0.05) is 0 Å². The van der Waals surface area contributed by atoms with Gasteiger partial charge in [-0.3, -0.25) is 4.79 Å². The summed E-state index contributed by atoms with van der Waals surface area (Å²) in [5.41, 5.74) is -0.343. The first-order valence-electron chi connectivity index (χ1n) is 10.3. The van der Waals surface area contributed by atoms with E-state index in [0.717, 1.165) is 0 Å². The minimum atomic E-state index is -1.67. The summed E-state index contributed by atoms with van der Waals surface area (Å²) < 4.78 is 32.5. The monoisotopic (exact) mass is 468 g/mol. The average Bonchev–Trinajstić information content (AvgIpc) is 2.88. The summed E-state index contributed by atoms with van der Waals surface area (Å²) in [5, 5.41) is 10.8. The lowest BCUT2D eigenvalue weighted by Gasteiger charge is -2.32. The third-order valence-corrected chi connectivity index (χ3v) is 5.77. The second-order valence-electron chi connectivity index (χ2n) is 7.26. The normalized spacial score (nSPS) is 10.9. The molecule has 180 valence electrons. The summed E-state index contributed by atoms with van der Waals surface area (Å²) in [6.07, 6.45) is 0. The number of carbonyl (C=O) groups is 1. The molecule has 0 fully saturated rings. The van der Waals surface area contributed by atoms with Crippen LogP contribution < -0.4 is 28.4 Å². The number of ether oxygens (including phenoxy) is 6. The number of rotatable bonds is 10. The fraction of sp³-hybridized carbons (Fsp3) is 0.269. The standard InChI is InChI=1S/C26H28O8/c1-29-19-10-7-16(13-22(19)32-4)26(25(27)28,17-8-11-20(30-2)23(14-17)33-5)18-9-12-21(31-3)24(15-18)34-6/h7-15H,1-6H3,(H,27,28). The van der Waals surface area contributed by atoms with E-state index in [1.807, 2.05) is 0 Å². The Balaban J connectivity index is 2.45. The Labute approximate surface area is 198 Å². The molecule has 3 rings (SSSR count). The van der Waals surface area contributed by atoms with E-state index in [0.29, 0.717) is 51.2 Å². The highest BCUT2D eigenvalue weighted by Gasteiger charge is 2.45. The number of hydrogen-bond acceptors (Lipinski definition) is 7. The van der Waals surface area contributed by atoms with Crippen molar-refractivity contribution in [3.05, 3.63) is 71.3 Å². The lowest BCUT2D eigenvalue weighted by molar-refractivity contribution is -0.140. The van der Waals surface area contributed by atoms with E-state index in [9.17, 15) is 9.90 Å². The molecule has 0 radical (unpaired) electrons. The van der Waals surface area contributed by atoms with Crippen LogP contribution in [-0.4, -0.2) is 53.7 Å². The molecule has 0 aromatic heterocycles. The molecule has 8 nitrogen and oxygen atoms in total. The van der Waals surface area contributed by atoms with Crippen molar-refractivity contribution in [3.63, 3.8) is 0 Å². The number of hydrogen-bond donors (Lipinski definition) is 1. The predicted molar refractivity (Wildman–Crippen MR) is 126 cm³/mol. The smallest absolute Gasteiger partial charge is 0.323 e. The molecule has 3 aromatic rings. The van der Waals surface area contributed by atoms with E-state index in [2.05, 4.69) is 0 Å². The quantitative estimate of drug-likeness (QED) is 0.444. The fourth-order valence-corrected chi connectivity index (χ4v) is 4.08. The lowest BCUT2D eigenvalue weighted by Crippen LogP contribution is -2.38. The molecule has 0 bridgehead atoms. The van der Waals surface area contributed by atoms with Crippen molar-refractivity contribution >= 4 is 5.97 Å². The maximum atomic E-state index is 13.3. The zero-order valence-corrected chi connectivity index (χ0v) is 20.0. The van der Waals surface area contributed by atoms with E-state index in [1.54, 1.807) is 54.6 Å². The molecule has 0 amide bonds. The number of aliphatic carboxylic acids is 1. The maximum absolute atomic E-state index is 13.3. The molecular formula is C26H28O8. The molecule has 0 aliphatic heterocycles. The Hall–Kier alpha value is -4.07. The third-order valence-electron chi connectivity index (χ3n) is 5.77. The molecule has 0 aliphatic rings. The first kappa shape index (κ1) is 24.6. The molecule has 1 N–H and O–H groups in total. The second kappa shape index (κ2) is 10.2. The van der Waals surface area contributed by atoms with Gasteiger partial charge in [-0.25, -0.2) is 0 Å². The Bertz CT molecular complexity index is 1040. The maximum Gasteiger partial charge on any atom is 0.323 e. The van der Waals surface area contributed by atoms with Gasteiger partial charge in [0.15, 0.2) is 34.5 Å². The van der Waals surface area contributed by atoms with Crippen molar-refractivity contribution in [2.45, 2.75) is 5.41 Å². The first-order valence-corrected chi connectivity index (χ1v) is 10.3. The van der Waals surface area contributed by atoms with Gasteiger partial charge in [-0.1, -0.05) is 18.2 Å². The van der Waals surface area contributed by atoms with Crippen LogP contribution in [0.15, 0.2) is 54.6 Å². The Morgan fingerprint density at radius 2 is 0.794 bits per heavy atom. The van der Waals surface area contributed by atoms with Gasteiger partial charge in [0.1, 0.15) is 5.41 Å². The Morgan fingerprint density at radius 1 is 0.529 bits per heavy atom. The third kappa shape index (κ3) is 4.03.